The molecule has 2 N–H and O–H groups in total. The van der Waals surface area contributed by atoms with E-state index < -0.39 is 4.92 Å². The lowest BCUT2D eigenvalue weighted by molar-refractivity contribution is -0.384. The molecule has 0 spiro atoms. The highest BCUT2D eigenvalue weighted by atomic mass is 16.6. The third-order valence-electron chi connectivity index (χ3n) is 2.89. The first kappa shape index (κ1) is 13.9. The van der Waals surface area contributed by atoms with Crippen LogP contribution in [0.5, 0.6) is 11.5 Å². The Morgan fingerprint density at radius 2 is 1.90 bits per heavy atom. The third kappa shape index (κ3) is 3.06. The second-order valence-corrected chi connectivity index (χ2v) is 4.81. The number of nitrogens with zero attached hydrogens (tertiary/aromatic N) is 1. The van der Waals surface area contributed by atoms with Gasteiger partial charge in [0.05, 0.1) is 11.0 Å². The molecule has 0 heterocycles. The second-order valence-electron chi connectivity index (χ2n) is 4.81. The highest BCUT2D eigenvalue weighted by Gasteiger charge is 2.12. The van der Waals surface area contributed by atoms with E-state index in [0.717, 1.165) is 5.56 Å². The third-order valence-corrected chi connectivity index (χ3v) is 2.89. The van der Waals surface area contributed by atoms with E-state index >= 15 is 0 Å². The summed E-state index contributed by atoms with van der Waals surface area (Å²) in [6, 6.07) is 11.9. The Morgan fingerprint density at radius 3 is 2.55 bits per heavy atom. The summed E-state index contributed by atoms with van der Waals surface area (Å²) in [4.78, 5) is 10.3. The number of para-hydroxylation sites is 1. The van der Waals surface area contributed by atoms with Gasteiger partial charge < -0.3 is 10.5 Å². The zero-order valence-electron chi connectivity index (χ0n) is 11.4. The molecular weight excluding hydrogens is 256 g/mol. The second kappa shape index (κ2) is 5.61. The van der Waals surface area contributed by atoms with Gasteiger partial charge in [0.2, 0.25) is 0 Å². The predicted octanol–water partition coefficient (Wildman–Crippen LogP) is 4.09. The molecule has 0 bridgehead atoms. The largest absolute Gasteiger partial charge is 0.457 e. The molecule has 0 fully saturated rings. The molecule has 0 amide bonds. The van der Waals surface area contributed by atoms with Crippen molar-refractivity contribution < 1.29 is 9.66 Å². The number of nitrogen functional groups attached to an aromatic ring is 1. The molecule has 0 radical (unpaired) electrons. The Bertz CT molecular complexity index is 639. The minimum Gasteiger partial charge on any atom is -0.457 e. The van der Waals surface area contributed by atoms with Gasteiger partial charge in [-0.3, -0.25) is 10.1 Å². The molecule has 2 aromatic rings. The number of non-ortho nitro benzene ring substituents is 1. The van der Waals surface area contributed by atoms with Gasteiger partial charge in [0.15, 0.2) is 0 Å². The van der Waals surface area contributed by atoms with Crippen LogP contribution in [0.3, 0.4) is 0 Å². The Morgan fingerprint density at radius 1 is 1.20 bits per heavy atom. The summed E-state index contributed by atoms with van der Waals surface area (Å²) >= 11 is 0. The average Bonchev–Trinajstić information content (AvgIpc) is 2.38. The topological polar surface area (TPSA) is 78.4 Å². The molecule has 0 aromatic heterocycles. The molecule has 0 saturated heterocycles. The predicted molar refractivity (Wildman–Crippen MR) is 78.1 cm³/mol. The highest BCUT2D eigenvalue weighted by molar-refractivity contribution is 5.54. The maximum absolute atomic E-state index is 10.8. The maximum Gasteiger partial charge on any atom is 0.275 e. The summed E-state index contributed by atoms with van der Waals surface area (Å²) in [5.41, 5.74) is 6.92. The lowest BCUT2D eigenvalue weighted by Crippen LogP contribution is -1.96. The van der Waals surface area contributed by atoms with Gasteiger partial charge in [-0.15, -0.1) is 0 Å². The quantitative estimate of drug-likeness (QED) is 0.516. The highest BCUT2D eigenvalue weighted by Crippen LogP contribution is 2.32. The molecule has 0 unspecified atom stereocenters. The molecule has 5 nitrogen and oxygen atoms in total. The Hall–Kier alpha value is -2.56. The van der Waals surface area contributed by atoms with E-state index in [1.54, 1.807) is 6.07 Å². The van der Waals surface area contributed by atoms with E-state index in [2.05, 4.69) is 13.8 Å². The van der Waals surface area contributed by atoms with Gasteiger partial charge in [0.25, 0.3) is 5.69 Å². The summed E-state index contributed by atoms with van der Waals surface area (Å²) in [6.07, 6.45) is 0. The molecule has 104 valence electrons. The first-order valence-electron chi connectivity index (χ1n) is 6.29. The van der Waals surface area contributed by atoms with Gasteiger partial charge in [0.1, 0.15) is 11.5 Å². The molecule has 2 aromatic carbocycles. The molecule has 0 aliphatic carbocycles. The van der Waals surface area contributed by atoms with Crippen LogP contribution in [0, 0.1) is 10.1 Å². The van der Waals surface area contributed by atoms with E-state index in [4.69, 9.17) is 10.5 Å². The number of nitrogens with two attached hydrogens (primary N) is 1. The minimum atomic E-state index is -0.489. The van der Waals surface area contributed by atoms with Crippen LogP contribution >= 0.6 is 0 Å². The smallest absolute Gasteiger partial charge is 0.275 e. The standard InChI is InChI=1S/C15H16N2O3/c1-10(2)14-5-3-4-6-15(14)20-13-8-11(16)7-12(9-13)17(18)19/h3-10H,16H2,1-2H3. The van der Waals surface area contributed by atoms with E-state index in [9.17, 15) is 10.1 Å². The van der Waals surface area contributed by atoms with Crippen molar-refractivity contribution >= 4 is 11.4 Å². The van der Waals surface area contributed by atoms with Crippen LogP contribution < -0.4 is 10.5 Å². The van der Waals surface area contributed by atoms with Crippen molar-refractivity contribution in [1.82, 2.24) is 0 Å². The first-order chi connectivity index (χ1) is 9.47. The van der Waals surface area contributed by atoms with Gasteiger partial charge >= 0.3 is 0 Å². The van der Waals surface area contributed by atoms with Gasteiger partial charge in [-0.2, -0.15) is 0 Å². The van der Waals surface area contributed by atoms with Crippen LogP contribution in [0.2, 0.25) is 0 Å². The van der Waals surface area contributed by atoms with Crippen LogP contribution in [0.25, 0.3) is 0 Å². The first-order valence-corrected chi connectivity index (χ1v) is 6.29. The molecule has 2 rings (SSSR count). The van der Waals surface area contributed by atoms with E-state index in [1.165, 1.54) is 12.1 Å². The SMILES string of the molecule is CC(C)c1ccccc1Oc1cc(N)cc([N+](=O)[O-])c1. The van der Waals surface area contributed by atoms with E-state index in [1.807, 2.05) is 24.3 Å². The van der Waals surface area contributed by atoms with Gasteiger partial charge in [-0.25, -0.2) is 0 Å². The van der Waals surface area contributed by atoms with Crippen molar-refractivity contribution in [1.29, 1.82) is 0 Å². The lowest BCUT2D eigenvalue weighted by Gasteiger charge is -2.13. The fraction of sp³-hybridized carbons (Fsp3) is 0.200. The molecule has 0 aliphatic heterocycles. The fourth-order valence-electron chi connectivity index (χ4n) is 1.95. The number of hydrogen-bond donors (Lipinski definition) is 1. The van der Waals surface area contributed by atoms with Crippen molar-refractivity contribution in [2.75, 3.05) is 5.73 Å². The van der Waals surface area contributed by atoms with Crippen molar-refractivity contribution in [3.63, 3.8) is 0 Å². The molecule has 20 heavy (non-hydrogen) atoms. The maximum atomic E-state index is 10.8. The van der Waals surface area contributed by atoms with Crippen molar-refractivity contribution in [3.8, 4) is 11.5 Å². The van der Waals surface area contributed by atoms with E-state index in [-0.39, 0.29) is 5.69 Å². The van der Waals surface area contributed by atoms with Crippen molar-refractivity contribution in [2.45, 2.75) is 19.8 Å². The molecule has 0 saturated carbocycles. The summed E-state index contributed by atoms with van der Waals surface area (Å²) in [7, 11) is 0. The monoisotopic (exact) mass is 272 g/mol. The minimum absolute atomic E-state index is 0.0815. The number of hydrogen-bond acceptors (Lipinski definition) is 4. The van der Waals surface area contributed by atoms with Crippen LogP contribution in [-0.4, -0.2) is 4.92 Å². The van der Waals surface area contributed by atoms with Crippen molar-refractivity contribution in [2.24, 2.45) is 0 Å². The van der Waals surface area contributed by atoms with Crippen LogP contribution in [-0.2, 0) is 0 Å². The van der Waals surface area contributed by atoms with Gasteiger partial charge in [-0.1, -0.05) is 32.0 Å². The Labute approximate surface area is 117 Å². The molecule has 0 aliphatic rings. The van der Waals surface area contributed by atoms with Crippen LogP contribution in [0.1, 0.15) is 25.3 Å². The van der Waals surface area contributed by atoms with Gasteiger partial charge in [0, 0.05) is 17.8 Å². The summed E-state index contributed by atoms with van der Waals surface area (Å²) in [6.45, 7) is 4.12. The van der Waals surface area contributed by atoms with Crippen LogP contribution in [0.15, 0.2) is 42.5 Å². The number of benzene rings is 2. The number of nitro benzene ring substituents is 1. The summed E-state index contributed by atoms with van der Waals surface area (Å²) in [5, 5.41) is 10.8. The molecular formula is C15H16N2O3. The summed E-state index contributed by atoms with van der Waals surface area (Å²) < 4.78 is 5.76. The normalized spacial score (nSPS) is 10.6. The number of anilines is 1. The summed E-state index contributed by atoms with van der Waals surface area (Å²) in [5.74, 6) is 1.34. The number of rotatable bonds is 4. The Balaban J connectivity index is 2.37. The zero-order chi connectivity index (χ0) is 14.7. The number of ether oxygens (including phenoxy) is 1. The average molecular weight is 272 g/mol. The van der Waals surface area contributed by atoms with E-state index in [0.29, 0.717) is 23.1 Å². The number of nitro groups is 1. The van der Waals surface area contributed by atoms with Gasteiger partial charge in [-0.05, 0) is 17.5 Å². The zero-order valence-corrected chi connectivity index (χ0v) is 11.4. The lowest BCUT2D eigenvalue weighted by atomic mass is 10.0. The Kier molecular flexibility index (Phi) is 3.89. The molecule has 0 atom stereocenters. The van der Waals surface area contributed by atoms with Crippen LogP contribution in [0.4, 0.5) is 11.4 Å². The van der Waals surface area contributed by atoms with Crippen molar-refractivity contribution in [3.05, 3.63) is 58.1 Å². The molecule has 5 heteroatoms. The fourth-order valence-corrected chi connectivity index (χ4v) is 1.95.